The van der Waals surface area contributed by atoms with Crippen molar-refractivity contribution in [2.24, 2.45) is 0 Å². The molecule has 0 N–H and O–H groups in total. The Morgan fingerprint density at radius 2 is 1.88 bits per heavy atom. The number of rotatable bonds is 6. The summed E-state index contributed by atoms with van der Waals surface area (Å²) in [5, 5.41) is 4.26. The Balaban J connectivity index is 1.53. The monoisotopic (exact) mass is 335 g/mol. The van der Waals surface area contributed by atoms with Gasteiger partial charge >= 0.3 is 0 Å². The summed E-state index contributed by atoms with van der Waals surface area (Å²) in [6.45, 7) is 2.94. The molecule has 1 unspecified atom stereocenters. The fourth-order valence-corrected chi connectivity index (χ4v) is 3.37. The molecule has 2 aromatic carbocycles. The average molecular weight is 335 g/mol. The number of benzene rings is 2. The summed E-state index contributed by atoms with van der Waals surface area (Å²) < 4.78 is 16.0. The molecular weight excluding hydrogens is 313 g/mol. The van der Waals surface area contributed by atoms with Crippen molar-refractivity contribution in [1.82, 2.24) is 14.7 Å². The van der Waals surface area contributed by atoms with E-state index in [0.29, 0.717) is 6.04 Å². The summed E-state index contributed by atoms with van der Waals surface area (Å²) in [6.07, 6.45) is 6.11. The number of hydrogen-bond donors (Lipinski definition) is 0. The number of aromatic nitrogens is 2. The van der Waals surface area contributed by atoms with E-state index in [-0.39, 0.29) is 11.9 Å². The maximum absolute atomic E-state index is 14.2. The van der Waals surface area contributed by atoms with Gasteiger partial charge in [0.2, 0.25) is 0 Å². The van der Waals surface area contributed by atoms with Gasteiger partial charge in [0.15, 0.2) is 0 Å². The van der Waals surface area contributed by atoms with Gasteiger partial charge in [0, 0.05) is 36.6 Å². The van der Waals surface area contributed by atoms with Crippen molar-refractivity contribution in [1.29, 1.82) is 0 Å². The molecule has 0 saturated heterocycles. The first-order chi connectivity index (χ1) is 12.2. The summed E-state index contributed by atoms with van der Waals surface area (Å²) in [5.41, 5.74) is 3.07. The van der Waals surface area contributed by atoms with Crippen LogP contribution in [0, 0.1) is 5.82 Å². The predicted octanol–water partition coefficient (Wildman–Crippen LogP) is 4.74. The Labute approximate surface area is 147 Å². The number of hydrogen-bond acceptors (Lipinski definition) is 2. The van der Waals surface area contributed by atoms with Crippen LogP contribution < -0.4 is 0 Å². The molecule has 1 saturated carbocycles. The summed E-state index contributed by atoms with van der Waals surface area (Å²) in [7, 11) is 0. The van der Waals surface area contributed by atoms with Crippen molar-refractivity contribution in [3.05, 3.63) is 83.9 Å². The second-order valence-corrected chi connectivity index (χ2v) is 6.72. The average Bonchev–Trinajstić information content (AvgIpc) is 3.33. The van der Waals surface area contributed by atoms with Gasteiger partial charge in [0.25, 0.3) is 0 Å². The van der Waals surface area contributed by atoms with Gasteiger partial charge in [-0.15, -0.1) is 0 Å². The van der Waals surface area contributed by atoms with Crippen LogP contribution in [0.4, 0.5) is 4.39 Å². The lowest BCUT2D eigenvalue weighted by molar-refractivity contribution is 0.187. The molecule has 1 fully saturated rings. The Kier molecular flexibility index (Phi) is 4.36. The Hall–Kier alpha value is -2.46. The molecule has 3 nitrogen and oxygen atoms in total. The summed E-state index contributed by atoms with van der Waals surface area (Å²) in [6, 6.07) is 18.1. The zero-order chi connectivity index (χ0) is 17.2. The van der Waals surface area contributed by atoms with Crippen molar-refractivity contribution < 1.29 is 4.39 Å². The summed E-state index contributed by atoms with van der Waals surface area (Å²) in [4.78, 5) is 2.42. The van der Waals surface area contributed by atoms with Crippen molar-refractivity contribution in [3.8, 4) is 5.69 Å². The Morgan fingerprint density at radius 1 is 1.12 bits per heavy atom. The smallest absolute Gasteiger partial charge is 0.127 e. The molecule has 1 aliphatic carbocycles. The van der Waals surface area contributed by atoms with Crippen LogP contribution in [0.2, 0.25) is 0 Å². The third-order valence-electron chi connectivity index (χ3n) is 4.94. The summed E-state index contributed by atoms with van der Waals surface area (Å²) >= 11 is 0. The van der Waals surface area contributed by atoms with E-state index in [1.165, 1.54) is 18.4 Å². The van der Waals surface area contributed by atoms with Crippen molar-refractivity contribution in [3.63, 3.8) is 0 Å². The van der Waals surface area contributed by atoms with Crippen molar-refractivity contribution in [2.45, 2.75) is 38.4 Å². The van der Waals surface area contributed by atoms with Gasteiger partial charge in [-0.25, -0.2) is 9.07 Å². The first-order valence-corrected chi connectivity index (χ1v) is 8.81. The molecule has 0 amide bonds. The van der Waals surface area contributed by atoms with Crippen LogP contribution in [0.25, 0.3) is 5.69 Å². The van der Waals surface area contributed by atoms with Gasteiger partial charge in [-0.1, -0.05) is 30.3 Å². The van der Waals surface area contributed by atoms with Crippen LogP contribution in [-0.4, -0.2) is 20.7 Å². The van der Waals surface area contributed by atoms with E-state index in [1.807, 2.05) is 29.1 Å². The highest BCUT2D eigenvalue weighted by Crippen LogP contribution is 2.36. The van der Waals surface area contributed by atoms with Gasteiger partial charge in [-0.05, 0) is 49.6 Å². The maximum atomic E-state index is 14.2. The first kappa shape index (κ1) is 16.0. The normalized spacial score (nSPS) is 15.5. The second kappa shape index (κ2) is 6.81. The van der Waals surface area contributed by atoms with Crippen LogP contribution in [0.3, 0.4) is 0 Å². The van der Waals surface area contributed by atoms with E-state index in [4.69, 9.17) is 0 Å². The fourth-order valence-electron chi connectivity index (χ4n) is 3.37. The summed E-state index contributed by atoms with van der Waals surface area (Å²) in [5.74, 6) is -0.116. The SMILES string of the molecule is CC(c1ccccc1F)N(Cc1ccc(-n2cccn2)cc1)C1CC1. The number of nitrogens with zero attached hydrogens (tertiary/aromatic N) is 3. The molecule has 3 aromatic rings. The largest absolute Gasteiger partial charge is 0.289 e. The van der Waals surface area contributed by atoms with Gasteiger partial charge in [0.1, 0.15) is 5.82 Å². The zero-order valence-corrected chi connectivity index (χ0v) is 14.3. The second-order valence-electron chi connectivity index (χ2n) is 6.72. The first-order valence-electron chi connectivity index (χ1n) is 8.81. The van der Waals surface area contributed by atoms with Crippen molar-refractivity contribution in [2.75, 3.05) is 0 Å². The molecule has 1 aliphatic rings. The molecule has 4 heteroatoms. The van der Waals surface area contributed by atoms with E-state index in [9.17, 15) is 4.39 Å². The molecule has 1 atom stereocenters. The van der Waals surface area contributed by atoms with Crippen LogP contribution in [-0.2, 0) is 6.54 Å². The van der Waals surface area contributed by atoms with E-state index in [1.54, 1.807) is 18.3 Å². The standard InChI is InChI=1S/C21H22FN3/c1-16(20-5-2-3-6-21(20)22)24(18-11-12-18)15-17-7-9-19(10-8-17)25-14-4-13-23-25/h2-10,13-14,16,18H,11-12,15H2,1H3. The zero-order valence-electron chi connectivity index (χ0n) is 14.3. The minimum absolute atomic E-state index is 0.0690. The lowest BCUT2D eigenvalue weighted by Gasteiger charge is -2.30. The Morgan fingerprint density at radius 3 is 2.52 bits per heavy atom. The van der Waals surface area contributed by atoms with Gasteiger partial charge in [-0.3, -0.25) is 4.90 Å². The van der Waals surface area contributed by atoms with Gasteiger partial charge in [0.05, 0.1) is 5.69 Å². The molecule has 4 rings (SSSR count). The molecule has 128 valence electrons. The minimum Gasteiger partial charge on any atom is -0.289 e. The lowest BCUT2D eigenvalue weighted by atomic mass is 10.0. The molecule has 1 heterocycles. The fraction of sp³-hybridized carbons (Fsp3) is 0.286. The molecule has 0 spiro atoms. The minimum atomic E-state index is -0.116. The molecular formula is C21H22FN3. The lowest BCUT2D eigenvalue weighted by Crippen LogP contribution is -2.29. The highest BCUT2D eigenvalue weighted by Gasteiger charge is 2.33. The molecule has 25 heavy (non-hydrogen) atoms. The quantitative estimate of drug-likeness (QED) is 0.649. The molecule has 0 bridgehead atoms. The van der Waals surface area contributed by atoms with Crippen LogP contribution >= 0.6 is 0 Å². The number of halogens is 1. The van der Waals surface area contributed by atoms with Crippen LogP contribution in [0.5, 0.6) is 0 Å². The molecule has 1 aromatic heterocycles. The predicted molar refractivity (Wildman–Crippen MR) is 96.9 cm³/mol. The van der Waals surface area contributed by atoms with Crippen molar-refractivity contribution >= 4 is 0 Å². The topological polar surface area (TPSA) is 21.1 Å². The van der Waals surface area contributed by atoms with Gasteiger partial charge in [-0.2, -0.15) is 5.10 Å². The van der Waals surface area contributed by atoms with E-state index < -0.39 is 0 Å². The highest BCUT2D eigenvalue weighted by atomic mass is 19.1. The van der Waals surface area contributed by atoms with Gasteiger partial charge < -0.3 is 0 Å². The third kappa shape index (κ3) is 3.49. The maximum Gasteiger partial charge on any atom is 0.127 e. The van der Waals surface area contributed by atoms with Crippen LogP contribution in [0.1, 0.15) is 36.9 Å². The molecule has 0 aliphatic heterocycles. The van der Waals surface area contributed by atoms with E-state index >= 15 is 0 Å². The highest BCUT2D eigenvalue weighted by molar-refractivity contribution is 5.34. The Bertz CT molecular complexity index is 823. The third-order valence-corrected chi connectivity index (χ3v) is 4.94. The van der Waals surface area contributed by atoms with E-state index in [2.05, 4.69) is 41.2 Å². The van der Waals surface area contributed by atoms with E-state index in [0.717, 1.165) is 17.8 Å². The molecule has 0 radical (unpaired) electrons. The van der Waals surface area contributed by atoms with Crippen LogP contribution in [0.15, 0.2) is 67.0 Å².